The van der Waals surface area contributed by atoms with E-state index in [2.05, 4.69) is 10.6 Å². The SMILES string of the molecule is Cl.NC1C2CCC(C2)C1C(=O)NCC(=O)Nc1cccc2ccccc12. The van der Waals surface area contributed by atoms with E-state index < -0.39 is 0 Å². The first-order valence-electron chi connectivity index (χ1n) is 8.94. The fourth-order valence-electron chi connectivity index (χ4n) is 4.54. The summed E-state index contributed by atoms with van der Waals surface area (Å²) >= 11 is 0. The Labute approximate surface area is 159 Å². The fourth-order valence-corrected chi connectivity index (χ4v) is 4.54. The van der Waals surface area contributed by atoms with Gasteiger partial charge in [0.2, 0.25) is 11.8 Å². The Morgan fingerprint density at radius 2 is 1.77 bits per heavy atom. The van der Waals surface area contributed by atoms with Crippen molar-refractivity contribution in [2.24, 2.45) is 23.5 Å². The summed E-state index contributed by atoms with van der Waals surface area (Å²) < 4.78 is 0. The molecule has 4 N–H and O–H groups in total. The molecule has 0 aromatic heterocycles. The molecule has 2 aliphatic rings. The molecule has 2 aliphatic carbocycles. The Kier molecular flexibility index (Phi) is 5.49. The molecule has 2 fully saturated rings. The van der Waals surface area contributed by atoms with Crippen molar-refractivity contribution in [1.82, 2.24) is 5.32 Å². The number of fused-ring (bicyclic) bond motifs is 3. The second-order valence-electron chi connectivity index (χ2n) is 7.23. The molecule has 4 rings (SSSR count). The van der Waals surface area contributed by atoms with Crippen LogP contribution in [0.25, 0.3) is 10.8 Å². The van der Waals surface area contributed by atoms with E-state index in [1.54, 1.807) is 0 Å². The fraction of sp³-hybridized carbons (Fsp3) is 0.400. The highest BCUT2D eigenvalue weighted by Gasteiger charge is 2.48. The second-order valence-corrected chi connectivity index (χ2v) is 7.23. The van der Waals surface area contributed by atoms with E-state index in [1.165, 1.54) is 0 Å². The minimum atomic E-state index is -0.221. The molecule has 4 atom stereocenters. The largest absolute Gasteiger partial charge is 0.347 e. The van der Waals surface area contributed by atoms with E-state index in [1.807, 2.05) is 42.5 Å². The molecule has 0 heterocycles. The molecule has 0 radical (unpaired) electrons. The predicted molar refractivity (Wildman–Crippen MR) is 105 cm³/mol. The zero-order valence-corrected chi connectivity index (χ0v) is 15.3. The number of carbonyl (C=O) groups excluding carboxylic acids is 2. The summed E-state index contributed by atoms with van der Waals surface area (Å²) in [7, 11) is 0. The summed E-state index contributed by atoms with van der Waals surface area (Å²) in [6, 6.07) is 13.6. The third-order valence-electron chi connectivity index (χ3n) is 5.77. The zero-order chi connectivity index (χ0) is 17.4. The Bertz CT molecular complexity index is 818. The highest BCUT2D eigenvalue weighted by atomic mass is 35.5. The van der Waals surface area contributed by atoms with Crippen molar-refractivity contribution in [3.05, 3.63) is 42.5 Å². The summed E-state index contributed by atoms with van der Waals surface area (Å²) in [4.78, 5) is 24.7. The molecular formula is C20H24ClN3O2. The van der Waals surface area contributed by atoms with Crippen LogP contribution in [0.4, 0.5) is 5.69 Å². The molecule has 2 aromatic rings. The Morgan fingerprint density at radius 3 is 2.54 bits per heavy atom. The van der Waals surface area contributed by atoms with E-state index in [9.17, 15) is 9.59 Å². The van der Waals surface area contributed by atoms with E-state index in [0.29, 0.717) is 11.8 Å². The quantitative estimate of drug-likeness (QED) is 0.770. The minimum absolute atomic E-state index is 0. The Balaban J connectivity index is 0.00000196. The summed E-state index contributed by atoms with van der Waals surface area (Å²) in [6.45, 7) is -0.0251. The molecule has 138 valence electrons. The lowest BCUT2D eigenvalue weighted by molar-refractivity contribution is -0.129. The molecule has 6 heteroatoms. The van der Waals surface area contributed by atoms with Crippen LogP contribution in [0.1, 0.15) is 19.3 Å². The summed E-state index contributed by atoms with van der Waals surface area (Å²) in [6.07, 6.45) is 3.28. The van der Waals surface area contributed by atoms with Crippen LogP contribution in [0, 0.1) is 17.8 Å². The van der Waals surface area contributed by atoms with E-state index >= 15 is 0 Å². The average molecular weight is 374 g/mol. The Morgan fingerprint density at radius 1 is 1.04 bits per heavy atom. The summed E-state index contributed by atoms with van der Waals surface area (Å²) in [5, 5.41) is 7.72. The number of rotatable bonds is 4. The minimum Gasteiger partial charge on any atom is -0.347 e. The van der Waals surface area contributed by atoms with Crippen LogP contribution >= 0.6 is 12.4 Å². The lowest BCUT2D eigenvalue weighted by Crippen LogP contribution is -2.46. The second kappa shape index (κ2) is 7.64. The van der Waals surface area contributed by atoms with Crippen LogP contribution in [-0.2, 0) is 9.59 Å². The summed E-state index contributed by atoms with van der Waals surface area (Å²) in [5.74, 6) is 0.435. The molecule has 2 aromatic carbocycles. The van der Waals surface area contributed by atoms with Crippen molar-refractivity contribution < 1.29 is 9.59 Å². The van der Waals surface area contributed by atoms with Crippen molar-refractivity contribution in [2.75, 3.05) is 11.9 Å². The Hall–Kier alpha value is -2.11. The average Bonchev–Trinajstić information content (AvgIpc) is 3.21. The van der Waals surface area contributed by atoms with Gasteiger partial charge in [-0.2, -0.15) is 0 Å². The normalized spacial score (nSPS) is 26.3. The third-order valence-corrected chi connectivity index (χ3v) is 5.77. The van der Waals surface area contributed by atoms with Gasteiger partial charge >= 0.3 is 0 Å². The number of anilines is 1. The van der Waals surface area contributed by atoms with Gasteiger partial charge in [-0.1, -0.05) is 36.4 Å². The van der Waals surface area contributed by atoms with Crippen LogP contribution < -0.4 is 16.4 Å². The molecule has 26 heavy (non-hydrogen) atoms. The topological polar surface area (TPSA) is 84.2 Å². The van der Waals surface area contributed by atoms with Crippen molar-refractivity contribution in [2.45, 2.75) is 25.3 Å². The van der Waals surface area contributed by atoms with Crippen molar-refractivity contribution in [3.8, 4) is 0 Å². The number of amides is 2. The number of carbonyl (C=O) groups is 2. The number of nitrogens with one attached hydrogen (secondary N) is 2. The van der Waals surface area contributed by atoms with Crippen molar-refractivity contribution >= 4 is 40.7 Å². The van der Waals surface area contributed by atoms with Gasteiger partial charge in [0.25, 0.3) is 0 Å². The highest BCUT2D eigenvalue weighted by molar-refractivity contribution is 6.03. The highest BCUT2D eigenvalue weighted by Crippen LogP contribution is 2.47. The third kappa shape index (κ3) is 3.41. The molecule has 0 aliphatic heterocycles. The standard InChI is InChI=1S/C20H23N3O2.ClH/c21-19-14-9-8-13(10-14)18(19)20(25)22-11-17(24)23-16-7-3-5-12-4-1-2-6-15(12)16;/h1-7,13-14,18-19H,8-11,21H2,(H,22,25)(H,23,24);1H. The number of halogens is 1. The van der Waals surface area contributed by atoms with Gasteiger partial charge in [-0.25, -0.2) is 0 Å². The van der Waals surface area contributed by atoms with Crippen LogP contribution in [0.15, 0.2) is 42.5 Å². The van der Waals surface area contributed by atoms with E-state index in [0.717, 1.165) is 35.7 Å². The molecule has 0 spiro atoms. The van der Waals surface area contributed by atoms with Gasteiger partial charge in [0, 0.05) is 17.1 Å². The lowest BCUT2D eigenvalue weighted by Gasteiger charge is -2.26. The van der Waals surface area contributed by atoms with Crippen LogP contribution in [-0.4, -0.2) is 24.4 Å². The van der Waals surface area contributed by atoms with Gasteiger partial charge in [-0.3, -0.25) is 9.59 Å². The maximum atomic E-state index is 12.4. The van der Waals surface area contributed by atoms with Crippen LogP contribution in [0.3, 0.4) is 0 Å². The number of hydrogen-bond acceptors (Lipinski definition) is 3. The molecular weight excluding hydrogens is 350 g/mol. The van der Waals surface area contributed by atoms with Gasteiger partial charge in [-0.15, -0.1) is 12.4 Å². The molecule has 2 amide bonds. The molecule has 2 bridgehead atoms. The maximum Gasteiger partial charge on any atom is 0.243 e. The van der Waals surface area contributed by atoms with Gasteiger partial charge < -0.3 is 16.4 Å². The first kappa shape index (κ1) is 18.7. The summed E-state index contributed by atoms with van der Waals surface area (Å²) in [5.41, 5.74) is 6.95. The lowest BCUT2D eigenvalue weighted by atomic mass is 9.84. The van der Waals surface area contributed by atoms with Crippen LogP contribution in [0.2, 0.25) is 0 Å². The van der Waals surface area contributed by atoms with Gasteiger partial charge in [0.05, 0.1) is 12.5 Å². The van der Waals surface area contributed by atoms with Crippen molar-refractivity contribution in [1.29, 1.82) is 0 Å². The molecule has 0 saturated heterocycles. The van der Waals surface area contributed by atoms with E-state index in [-0.39, 0.29) is 42.7 Å². The monoisotopic (exact) mass is 373 g/mol. The number of benzene rings is 2. The zero-order valence-electron chi connectivity index (χ0n) is 14.5. The molecule has 2 saturated carbocycles. The van der Waals surface area contributed by atoms with Gasteiger partial charge in [0.15, 0.2) is 0 Å². The predicted octanol–water partition coefficient (Wildman–Crippen LogP) is 2.69. The number of nitrogens with two attached hydrogens (primary N) is 1. The van der Waals surface area contributed by atoms with Gasteiger partial charge in [-0.05, 0) is 42.6 Å². The van der Waals surface area contributed by atoms with E-state index in [4.69, 9.17) is 5.73 Å². The molecule has 4 unspecified atom stereocenters. The van der Waals surface area contributed by atoms with Gasteiger partial charge in [0.1, 0.15) is 0 Å². The number of hydrogen-bond donors (Lipinski definition) is 3. The smallest absolute Gasteiger partial charge is 0.243 e. The van der Waals surface area contributed by atoms with Crippen LogP contribution in [0.5, 0.6) is 0 Å². The maximum absolute atomic E-state index is 12.4. The first-order chi connectivity index (χ1) is 12.1. The molecule has 5 nitrogen and oxygen atoms in total. The first-order valence-corrected chi connectivity index (χ1v) is 8.94. The van der Waals surface area contributed by atoms with Crippen molar-refractivity contribution in [3.63, 3.8) is 0 Å².